The van der Waals surface area contributed by atoms with E-state index in [1.807, 2.05) is 75.4 Å². The number of benzene rings is 3. The quantitative estimate of drug-likeness (QED) is 0.346. The van der Waals surface area contributed by atoms with Gasteiger partial charge in [-0.05, 0) is 69.2 Å². The number of rotatable bonds is 12. The van der Waals surface area contributed by atoms with Crippen molar-refractivity contribution in [3.63, 3.8) is 0 Å². The molecule has 0 aliphatic carbocycles. The maximum Gasteiger partial charge on any atom is 0.244 e. The molecule has 2 amide bonds. The lowest BCUT2D eigenvalue weighted by Gasteiger charge is -2.32. The van der Waals surface area contributed by atoms with Crippen LogP contribution < -0.4 is 14.4 Å². The van der Waals surface area contributed by atoms with Gasteiger partial charge in [-0.15, -0.1) is 0 Å². The molecule has 0 aliphatic heterocycles. The number of carbonyl (C=O) groups excluding carboxylic acids is 2. The summed E-state index contributed by atoms with van der Waals surface area (Å²) in [4.78, 5) is 28.1. The Morgan fingerprint density at radius 3 is 2.05 bits per heavy atom. The number of carbonyl (C=O) groups is 2. The number of amides is 2. The molecular formula is C30H37N3O5S. The summed E-state index contributed by atoms with van der Waals surface area (Å²) < 4.78 is 32.4. The van der Waals surface area contributed by atoms with Crippen LogP contribution >= 0.6 is 0 Å². The largest absolute Gasteiger partial charge is 0.457 e. The highest BCUT2D eigenvalue weighted by atomic mass is 32.2. The summed E-state index contributed by atoms with van der Waals surface area (Å²) in [6.07, 6.45) is 1.80. The van der Waals surface area contributed by atoms with Crippen molar-refractivity contribution in [2.45, 2.75) is 52.7 Å². The number of nitrogens with one attached hydrogen (secondary N) is 1. The number of para-hydroxylation sites is 1. The fraction of sp³-hybridized carbons (Fsp3) is 0.333. The van der Waals surface area contributed by atoms with E-state index in [-0.39, 0.29) is 18.5 Å². The molecule has 3 rings (SSSR count). The van der Waals surface area contributed by atoms with E-state index < -0.39 is 28.5 Å². The van der Waals surface area contributed by atoms with Gasteiger partial charge in [-0.3, -0.25) is 13.9 Å². The number of hydrogen-bond acceptors (Lipinski definition) is 5. The minimum atomic E-state index is -3.82. The third-order valence-electron chi connectivity index (χ3n) is 6.42. The van der Waals surface area contributed by atoms with Gasteiger partial charge in [0, 0.05) is 12.6 Å². The first-order chi connectivity index (χ1) is 18.5. The predicted octanol–water partition coefficient (Wildman–Crippen LogP) is 4.89. The van der Waals surface area contributed by atoms with Gasteiger partial charge in [-0.2, -0.15) is 0 Å². The Bertz CT molecular complexity index is 1340. The van der Waals surface area contributed by atoms with E-state index >= 15 is 0 Å². The third kappa shape index (κ3) is 8.58. The maximum atomic E-state index is 13.7. The van der Waals surface area contributed by atoms with E-state index in [0.717, 1.165) is 28.1 Å². The van der Waals surface area contributed by atoms with Crippen molar-refractivity contribution in [1.29, 1.82) is 0 Å². The SMILES string of the molecule is CC[C@@H](C)NC(=O)[C@@H](C)N(Cc1ccc(C)cc1)C(=O)CN(c1ccc(Oc2ccccc2)cc1)S(C)(=O)=O. The summed E-state index contributed by atoms with van der Waals surface area (Å²) in [6.45, 7) is 7.19. The molecule has 0 saturated heterocycles. The van der Waals surface area contributed by atoms with E-state index in [4.69, 9.17) is 4.74 Å². The van der Waals surface area contributed by atoms with Crippen LogP contribution in [0.5, 0.6) is 11.5 Å². The predicted molar refractivity (Wildman–Crippen MR) is 154 cm³/mol. The average Bonchev–Trinajstić information content (AvgIpc) is 2.91. The number of ether oxygens (including phenoxy) is 1. The Morgan fingerprint density at radius 1 is 0.897 bits per heavy atom. The minimum Gasteiger partial charge on any atom is -0.457 e. The summed E-state index contributed by atoms with van der Waals surface area (Å²) in [5, 5.41) is 2.92. The summed E-state index contributed by atoms with van der Waals surface area (Å²) >= 11 is 0. The average molecular weight is 552 g/mol. The first-order valence-electron chi connectivity index (χ1n) is 12.9. The van der Waals surface area contributed by atoms with Crippen molar-refractivity contribution in [3.05, 3.63) is 90.0 Å². The normalized spacial score (nSPS) is 12.7. The molecule has 1 N–H and O–H groups in total. The highest BCUT2D eigenvalue weighted by Gasteiger charge is 2.30. The van der Waals surface area contributed by atoms with Crippen LogP contribution in [0.2, 0.25) is 0 Å². The second-order valence-electron chi connectivity index (χ2n) is 9.68. The van der Waals surface area contributed by atoms with E-state index in [0.29, 0.717) is 17.2 Å². The monoisotopic (exact) mass is 551 g/mol. The van der Waals surface area contributed by atoms with E-state index in [2.05, 4.69) is 5.32 Å². The van der Waals surface area contributed by atoms with Gasteiger partial charge in [-0.1, -0.05) is 55.0 Å². The summed E-state index contributed by atoms with van der Waals surface area (Å²) in [7, 11) is -3.82. The van der Waals surface area contributed by atoms with Crippen molar-refractivity contribution >= 4 is 27.5 Å². The fourth-order valence-corrected chi connectivity index (χ4v) is 4.71. The first kappa shape index (κ1) is 29.7. The van der Waals surface area contributed by atoms with Crippen LogP contribution in [0.3, 0.4) is 0 Å². The topological polar surface area (TPSA) is 96.0 Å². The van der Waals surface area contributed by atoms with Crippen LogP contribution in [0.25, 0.3) is 0 Å². The molecule has 0 radical (unpaired) electrons. The molecule has 9 heteroatoms. The van der Waals surface area contributed by atoms with Crippen LogP contribution in [-0.4, -0.2) is 50.0 Å². The van der Waals surface area contributed by atoms with Crippen molar-refractivity contribution < 1.29 is 22.7 Å². The number of hydrogen-bond donors (Lipinski definition) is 1. The van der Waals surface area contributed by atoms with Crippen LogP contribution in [0.4, 0.5) is 5.69 Å². The van der Waals surface area contributed by atoms with Crippen molar-refractivity contribution in [1.82, 2.24) is 10.2 Å². The van der Waals surface area contributed by atoms with Gasteiger partial charge in [0.1, 0.15) is 24.1 Å². The summed E-state index contributed by atoms with van der Waals surface area (Å²) in [5.41, 5.74) is 2.23. The molecule has 2 atom stereocenters. The second kappa shape index (κ2) is 13.3. The zero-order chi connectivity index (χ0) is 28.6. The molecule has 39 heavy (non-hydrogen) atoms. The minimum absolute atomic E-state index is 0.0552. The molecule has 0 unspecified atom stereocenters. The highest BCUT2D eigenvalue weighted by molar-refractivity contribution is 7.92. The molecule has 8 nitrogen and oxygen atoms in total. The molecule has 3 aromatic rings. The Balaban J connectivity index is 1.85. The second-order valence-corrected chi connectivity index (χ2v) is 11.6. The van der Waals surface area contributed by atoms with Crippen molar-refractivity contribution in [3.8, 4) is 11.5 Å². The fourth-order valence-electron chi connectivity index (χ4n) is 3.86. The molecule has 3 aromatic carbocycles. The zero-order valence-corrected chi connectivity index (χ0v) is 23.9. The molecule has 0 aliphatic rings. The zero-order valence-electron chi connectivity index (χ0n) is 23.1. The van der Waals surface area contributed by atoms with Crippen molar-refractivity contribution in [2.75, 3.05) is 17.1 Å². The molecule has 0 saturated carbocycles. The molecule has 0 bridgehead atoms. The van der Waals surface area contributed by atoms with Gasteiger partial charge in [0.25, 0.3) is 0 Å². The molecule has 208 valence electrons. The maximum absolute atomic E-state index is 13.7. The number of nitrogens with zero attached hydrogens (tertiary/aromatic N) is 2. The van der Waals surface area contributed by atoms with Gasteiger partial charge in [0.05, 0.1) is 11.9 Å². The first-order valence-corrected chi connectivity index (χ1v) is 14.8. The standard InChI is InChI=1S/C30H37N3O5S/c1-6-23(3)31-30(35)24(4)32(20-25-14-12-22(2)13-15-25)29(34)21-33(39(5,36)37)26-16-18-28(19-17-26)38-27-10-8-7-9-11-27/h7-19,23-24H,6,20-21H2,1-5H3,(H,31,35)/t23-,24-/m1/s1. The third-order valence-corrected chi connectivity index (χ3v) is 7.57. The Labute approximate surface area is 231 Å². The molecule has 0 aromatic heterocycles. The number of sulfonamides is 1. The Kier molecular flexibility index (Phi) is 10.1. The van der Waals surface area contributed by atoms with Crippen LogP contribution in [0.1, 0.15) is 38.3 Å². The summed E-state index contributed by atoms with van der Waals surface area (Å²) in [6, 6.07) is 22.5. The smallest absolute Gasteiger partial charge is 0.244 e. The highest BCUT2D eigenvalue weighted by Crippen LogP contribution is 2.26. The Hall–Kier alpha value is -3.85. The molecule has 0 heterocycles. The lowest BCUT2D eigenvalue weighted by molar-refractivity contribution is -0.139. The van der Waals surface area contributed by atoms with E-state index in [1.54, 1.807) is 31.2 Å². The van der Waals surface area contributed by atoms with Crippen LogP contribution in [0, 0.1) is 6.92 Å². The molecule has 0 spiro atoms. The van der Waals surface area contributed by atoms with Gasteiger partial charge < -0.3 is 15.0 Å². The summed E-state index contributed by atoms with van der Waals surface area (Å²) in [5.74, 6) is 0.397. The van der Waals surface area contributed by atoms with E-state index in [9.17, 15) is 18.0 Å². The van der Waals surface area contributed by atoms with Gasteiger partial charge >= 0.3 is 0 Å². The molecular weight excluding hydrogens is 514 g/mol. The van der Waals surface area contributed by atoms with Crippen molar-refractivity contribution in [2.24, 2.45) is 0 Å². The van der Waals surface area contributed by atoms with Gasteiger partial charge in [0.2, 0.25) is 21.8 Å². The number of anilines is 1. The lowest BCUT2D eigenvalue weighted by atomic mass is 10.1. The van der Waals surface area contributed by atoms with Crippen LogP contribution in [-0.2, 0) is 26.2 Å². The van der Waals surface area contributed by atoms with Gasteiger partial charge in [-0.25, -0.2) is 8.42 Å². The van der Waals surface area contributed by atoms with Crippen LogP contribution in [0.15, 0.2) is 78.9 Å². The molecule has 0 fully saturated rings. The number of aryl methyl sites for hydroxylation is 1. The van der Waals surface area contributed by atoms with Gasteiger partial charge in [0.15, 0.2) is 0 Å². The lowest BCUT2D eigenvalue weighted by Crippen LogP contribution is -2.52. The Morgan fingerprint density at radius 2 is 1.49 bits per heavy atom. The van der Waals surface area contributed by atoms with E-state index in [1.165, 1.54) is 4.90 Å².